The van der Waals surface area contributed by atoms with Crippen molar-refractivity contribution in [3.05, 3.63) is 35.9 Å². The largest absolute Gasteiger partial charge is 0.464 e. The third-order valence-electron chi connectivity index (χ3n) is 3.64. The molecule has 1 heterocycles. The Morgan fingerprint density at radius 2 is 1.78 bits per heavy atom. The van der Waals surface area contributed by atoms with Crippen molar-refractivity contribution in [3.63, 3.8) is 0 Å². The highest BCUT2D eigenvalue weighted by molar-refractivity contribution is 8.05. The van der Waals surface area contributed by atoms with E-state index in [1.165, 1.54) is 24.3 Å². The summed E-state index contributed by atoms with van der Waals surface area (Å²) in [5.74, 6) is -2.36. The van der Waals surface area contributed by atoms with Crippen LogP contribution in [0.25, 0.3) is 0 Å². The lowest BCUT2D eigenvalue weighted by Gasteiger charge is -2.42. The van der Waals surface area contributed by atoms with Crippen molar-refractivity contribution >= 4 is 27.0 Å². The highest BCUT2D eigenvalue weighted by Gasteiger charge is 2.58. The van der Waals surface area contributed by atoms with Gasteiger partial charge in [-0.05, 0) is 13.3 Å². The van der Waals surface area contributed by atoms with Crippen molar-refractivity contribution in [1.29, 1.82) is 0 Å². The molecule has 8 heteroatoms. The summed E-state index contributed by atoms with van der Waals surface area (Å²) in [7, 11) is -4.62. The van der Waals surface area contributed by atoms with Crippen molar-refractivity contribution in [2.45, 2.75) is 26.3 Å². The van der Waals surface area contributed by atoms with Crippen molar-refractivity contribution in [3.8, 4) is 0 Å². The molecular weight excluding hydrogens is 322 g/mol. The minimum atomic E-state index is -4.62. The summed E-state index contributed by atoms with van der Waals surface area (Å²) in [6.45, 7) is 3.30. The number of amides is 1. The molecule has 0 bridgehead atoms. The highest BCUT2D eigenvalue weighted by atomic mass is 32.2. The van der Waals surface area contributed by atoms with Crippen LogP contribution >= 0.6 is 0 Å². The van der Waals surface area contributed by atoms with Crippen molar-refractivity contribution in [2.24, 2.45) is 5.92 Å². The van der Waals surface area contributed by atoms with E-state index in [2.05, 4.69) is 0 Å². The maximum Gasteiger partial charge on any atom is 0.330 e. The lowest BCUT2D eigenvalue weighted by atomic mass is 9.88. The summed E-state index contributed by atoms with van der Waals surface area (Å²) in [6.07, 6.45) is 0.286. The predicted octanol–water partition coefficient (Wildman–Crippen LogP) is 0.957. The summed E-state index contributed by atoms with van der Waals surface area (Å²) in [5, 5.41) is -1.21. The first-order chi connectivity index (χ1) is 10.9. The van der Waals surface area contributed by atoms with Crippen LogP contribution in [-0.4, -0.2) is 42.4 Å². The van der Waals surface area contributed by atoms with E-state index in [0.717, 1.165) is 0 Å². The first-order valence-corrected chi connectivity index (χ1v) is 8.64. The lowest BCUT2D eigenvalue weighted by molar-refractivity contribution is -0.166. The first kappa shape index (κ1) is 17.1. The van der Waals surface area contributed by atoms with E-state index >= 15 is 0 Å². The number of ether oxygens (including phenoxy) is 1. The number of hydrogen-bond donors (Lipinski definition) is 0. The van der Waals surface area contributed by atoms with Crippen LogP contribution < -0.4 is 0 Å². The molecular formula is C15H17NO6S. The van der Waals surface area contributed by atoms with Gasteiger partial charge in [0.2, 0.25) is 5.91 Å². The molecule has 1 aromatic carbocycles. The first-order valence-electron chi connectivity index (χ1n) is 7.20. The zero-order valence-electron chi connectivity index (χ0n) is 12.8. The fraction of sp³-hybridized carbons (Fsp3) is 0.400. The van der Waals surface area contributed by atoms with Crippen LogP contribution in [0.2, 0.25) is 0 Å². The molecule has 1 aliphatic rings. The molecule has 1 fully saturated rings. The number of hydrogen-bond acceptors (Lipinski definition) is 6. The van der Waals surface area contributed by atoms with Crippen LogP contribution in [0.4, 0.5) is 0 Å². The topological polar surface area (TPSA) is 97.8 Å². The minimum Gasteiger partial charge on any atom is -0.464 e. The molecule has 0 saturated carbocycles. The normalized spacial score (nSPS) is 20.8. The van der Waals surface area contributed by atoms with Crippen LogP contribution in [-0.2, 0) is 24.3 Å². The number of β-lactam (4-membered cyclic amide) rings is 1. The van der Waals surface area contributed by atoms with Gasteiger partial charge in [0, 0.05) is 5.56 Å². The smallest absolute Gasteiger partial charge is 0.330 e. The van der Waals surface area contributed by atoms with E-state index < -0.39 is 39.0 Å². The van der Waals surface area contributed by atoms with Gasteiger partial charge >= 0.3 is 16.0 Å². The van der Waals surface area contributed by atoms with E-state index in [1.54, 1.807) is 19.9 Å². The van der Waals surface area contributed by atoms with Crippen molar-refractivity contribution < 1.29 is 27.5 Å². The molecule has 0 aromatic heterocycles. The molecule has 0 N–H and O–H groups in total. The fourth-order valence-electron chi connectivity index (χ4n) is 2.48. The highest BCUT2D eigenvalue weighted by Crippen LogP contribution is 2.34. The Bertz CT molecular complexity index is 728. The zero-order valence-corrected chi connectivity index (χ0v) is 13.6. The van der Waals surface area contributed by atoms with E-state index in [9.17, 15) is 22.8 Å². The summed E-state index contributed by atoms with van der Waals surface area (Å²) in [4.78, 5) is 36.3. The molecule has 1 aliphatic heterocycles. The lowest BCUT2D eigenvalue weighted by Crippen LogP contribution is -2.67. The number of carbonyl (C=O) groups excluding carboxylic acids is 3. The molecule has 124 valence electrons. The van der Waals surface area contributed by atoms with Gasteiger partial charge in [-0.3, -0.25) is 9.59 Å². The number of carbonyl (C=O) groups is 3. The maximum absolute atomic E-state index is 12.5. The van der Waals surface area contributed by atoms with Crippen LogP contribution in [0.3, 0.4) is 0 Å². The van der Waals surface area contributed by atoms with Crippen LogP contribution in [0.1, 0.15) is 30.6 Å². The Hall–Kier alpha value is -2.22. The average Bonchev–Trinajstić information content (AvgIpc) is 2.52. The Kier molecular flexibility index (Phi) is 4.84. The summed E-state index contributed by atoms with van der Waals surface area (Å²) in [6, 6.07) is 6.05. The standard InChI is InChI=1S/C15H17NO6S/c1-3-11-12(14(18)22-4-2)16(13(11)17)23(20,21)15(19)10-8-6-5-7-9-10/h5-9,11-12H,3-4H2,1-2H3/t11-,12+/m1/s1. The average molecular weight is 339 g/mol. The van der Waals surface area contributed by atoms with E-state index in [4.69, 9.17) is 4.74 Å². The quantitative estimate of drug-likeness (QED) is 0.585. The second-order valence-electron chi connectivity index (χ2n) is 5.00. The van der Waals surface area contributed by atoms with Gasteiger partial charge in [0.15, 0.2) is 6.04 Å². The summed E-state index contributed by atoms with van der Waals surface area (Å²) in [5.41, 5.74) is -0.0668. The van der Waals surface area contributed by atoms with Gasteiger partial charge in [-0.25, -0.2) is 9.10 Å². The molecule has 23 heavy (non-hydrogen) atoms. The van der Waals surface area contributed by atoms with E-state index in [0.29, 0.717) is 4.31 Å². The molecule has 2 atom stereocenters. The molecule has 0 radical (unpaired) electrons. The maximum atomic E-state index is 12.5. The molecule has 7 nitrogen and oxygen atoms in total. The van der Waals surface area contributed by atoms with Crippen LogP contribution in [0, 0.1) is 5.92 Å². The fourth-order valence-corrected chi connectivity index (χ4v) is 4.00. The SMILES string of the molecule is CCOC(=O)[C@@H]1[C@@H](CC)C(=O)N1S(=O)(=O)C(=O)c1ccccc1. The molecule has 1 amide bonds. The summed E-state index contributed by atoms with van der Waals surface area (Å²) < 4.78 is 30.1. The Morgan fingerprint density at radius 1 is 1.17 bits per heavy atom. The molecule has 0 spiro atoms. The van der Waals surface area contributed by atoms with Gasteiger partial charge in [0.05, 0.1) is 12.5 Å². The van der Waals surface area contributed by atoms with Gasteiger partial charge in [0.25, 0.3) is 5.12 Å². The van der Waals surface area contributed by atoms with Crippen molar-refractivity contribution in [1.82, 2.24) is 4.31 Å². The van der Waals surface area contributed by atoms with Gasteiger partial charge < -0.3 is 4.74 Å². The monoisotopic (exact) mass is 339 g/mol. The minimum absolute atomic E-state index is 0.0560. The second-order valence-corrected chi connectivity index (χ2v) is 6.72. The molecule has 1 saturated heterocycles. The van der Waals surface area contributed by atoms with Crippen LogP contribution in [0.15, 0.2) is 30.3 Å². The number of rotatable bonds is 5. The number of benzene rings is 1. The van der Waals surface area contributed by atoms with Crippen LogP contribution in [0.5, 0.6) is 0 Å². The van der Waals surface area contributed by atoms with Gasteiger partial charge in [-0.1, -0.05) is 37.3 Å². The van der Waals surface area contributed by atoms with Gasteiger partial charge in [0.1, 0.15) is 0 Å². The second kappa shape index (κ2) is 6.49. The number of esters is 1. The molecule has 0 aliphatic carbocycles. The molecule has 0 unspecified atom stereocenters. The Morgan fingerprint density at radius 3 is 2.30 bits per heavy atom. The molecule has 2 rings (SSSR count). The molecule has 1 aromatic rings. The third-order valence-corrected chi connectivity index (χ3v) is 5.27. The van der Waals surface area contributed by atoms with Gasteiger partial charge in [-0.2, -0.15) is 8.42 Å². The summed E-state index contributed by atoms with van der Waals surface area (Å²) >= 11 is 0. The Balaban J connectivity index is 2.36. The van der Waals surface area contributed by atoms with Crippen molar-refractivity contribution in [2.75, 3.05) is 6.61 Å². The predicted molar refractivity (Wildman–Crippen MR) is 80.7 cm³/mol. The van der Waals surface area contributed by atoms with Gasteiger partial charge in [-0.15, -0.1) is 0 Å². The Labute approximate surface area is 134 Å². The third kappa shape index (κ3) is 2.86. The zero-order chi connectivity index (χ0) is 17.2. The number of sulfonamides is 1. The number of nitrogens with zero attached hydrogens (tertiary/aromatic N) is 1. The van der Waals surface area contributed by atoms with E-state index in [1.807, 2.05) is 0 Å². The van der Waals surface area contributed by atoms with E-state index in [-0.39, 0.29) is 18.6 Å².